The summed E-state index contributed by atoms with van der Waals surface area (Å²) in [7, 11) is 3.28. The van der Waals surface area contributed by atoms with Gasteiger partial charge in [0, 0.05) is 20.3 Å². The van der Waals surface area contributed by atoms with Gasteiger partial charge in [0.1, 0.15) is 6.07 Å². The zero-order chi connectivity index (χ0) is 14.0. The van der Waals surface area contributed by atoms with E-state index < -0.39 is 0 Å². The van der Waals surface area contributed by atoms with E-state index in [2.05, 4.69) is 11.2 Å². The van der Waals surface area contributed by atoms with Crippen LogP contribution >= 0.6 is 0 Å². The molecule has 1 amide bonds. The van der Waals surface area contributed by atoms with Crippen LogP contribution in [0.25, 0.3) is 0 Å². The van der Waals surface area contributed by atoms with Gasteiger partial charge < -0.3 is 10.6 Å². The molecule has 96 valence electrons. The quantitative estimate of drug-likeness (QED) is 0.871. The van der Waals surface area contributed by atoms with Crippen LogP contribution in [0, 0.1) is 11.3 Å². The third-order valence-electron chi connectivity index (χ3n) is 2.75. The van der Waals surface area contributed by atoms with E-state index in [1.807, 2.05) is 0 Å². The van der Waals surface area contributed by atoms with Crippen LogP contribution in [0.2, 0.25) is 0 Å². The first-order chi connectivity index (χ1) is 9.04. The Morgan fingerprint density at radius 1 is 1.47 bits per heavy atom. The van der Waals surface area contributed by atoms with Gasteiger partial charge in [0.25, 0.3) is 5.91 Å². The summed E-state index contributed by atoms with van der Waals surface area (Å²) >= 11 is 0. The number of rotatable bonds is 2. The maximum Gasteiger partial charge on any atom is 0.280 e. The molecule has 2 N–H and O–H groups in total. The Bertz CT molecular complexity index is 668. The monoisotopic (exact) mass is 255 g/mol. The van der Waals surface area contributed by atoms with Crippen molar-refractivity contribution in [2.45, 2.75) is 0 Å². The molecule has 0 bridgehead atoms. The normalized spacial score (nSPS) is 9.95. The van der Waals surface area contributed by atoms with Crippen LogP contribution in [-0.4, -0.2) is 22.7 Å². The summed E-state index contributed by atoms with van der Waals surface area (Å²) in [5, 5.41) is 13.1. The molecule has 0 aliphatic carbocycles. The van der Waals surface area contributed by atoms with Crippen molar-refractivity contribution in [3.63, 3.8) is 0 Å². The topological polar surface area (TPSA) is 87.9 Å². The number of amides is 1. The minimum Gasteiger partial charge on any atom is -0.396 e. The van der Waals surface area contributed by atoms with Gasteiger partial charge in [-0.15, -0.1) is 0 Å². The van der Waals surface area contributed by atoms with E-state index in [1.54, 1.807) is 44.6 Å². The lowest BCUT2D eigenvalue weighted by Crippen LogP contribution is -2.28. The first-order valence-corrected chi connectivity index (χ1v) is 5.61. The predicted octanol–water partition coefficient (Wildman–Crippen LogP) is 1.15. The number of nitriles is 1. The molecular formula is C13H13N5O. The molecule has 6 heteroatoms. The number of nitrogens with zero attached hydrogens (tertiary/aromatic N) is 4. The first-order valence-electron chi connectivity index (χ1n) is 5.61. The van der Waals surface area contributed by atoms with Crippen molar-refractivity contribution in [1.29, 1.82) is 5.26 Å². The number of benzene rings is 1. The molecule has 0 unspecified atom stereocenters. The molecule has 19 heavy (non-hydrogen) atoms. The highest BCUT2D eigenvalue weighted by Gasteiger charge is 2.21. The van der Waals surface area contributed by atoms with Crippen molar-refractivity contribution in [3.8, 4) is 6.07 Å². The number of aromatic nitrogens is 2. The molecule has 2 aromatic rings. The molecule has 0 fully saturated rings. The Morgan fingerprint density at radius 3 is 2.74 bits per heavy atom. The van der Waals surface area contributed by atoms with Crippen LogP contribution in [0.1, 0.15) is 16.1 Å². The minimum absolute atomic E-state index is 0.178. The fraction of sp³-hybridized carbons (Fsp3) is 0.154. The summed E-state index contributed by atoms with van der Waals surface area (Å²) in [5.74, 6) is -0.346. The lowest BCUT2D eigenvalue weighted by molar-refractivity contribution is 0.0988. The molecule has 2 rings (SSSR count). The minimum atomic E-state index is -0.346. The van der Waals surface area contributed by atoms with Crippen molar-refractivity contribution >= 4 is 17.3 Å². The summed E-state index contributed by atoms with van der Waals surface area (Å²) in [6.07, 6.45) is 1.57. The highest BCUT2D eigenvalue weighted by Crippen LogP contribution is 2.21. The molecule has 6 nitrogen and oxygen atoms in total. The van der Waals surface area contributed by atoms with Crippen molar-refractivity contribution in [2.75, 3.05) is 17.7 Å². The van der Waals surface area contributed by atoms with Crippen LogP contribution in [0.5, 0.6) is 0 Å². The zero-order valence-corrected chi connectivity index (χ0v) is 10.7. The number of nitrogens with two attached hydrogens (primary N) is 1. The largest absolute Gasteiger partial charge is 0.396 e. The van der Waals surface area contributed by atoms with E-state index in [0.29, 0.717) is 16.9 Å². The molecular weight excluding hydrogens is 242 g/mol. The van der Waals surface area contributed by atoms with Gasteiger partial charge in [-0.3, -0.25) is 9.48 Å². The molecule has 0 aliphatic heterocycles. The second-order valence-electron chi connectivity index (χ2n) is 4.10. The fourth-order valence-electron chi connectivity index (χ4n) is 1.80. The number of nitrogen functional groups attached to an aromatic ring is 1. The third kappa shape index (κ3) is 2.26. The number of hydrogen-bond donors (Lipinski definition) is 1. The van der Waals surface area contributed by atoms with Crippen molar-refractivity contribution in [3.05, 3.63) is 41.7 Å². The predicted molar refractivity (Wildman–Crippen MR) is 71.5 cm³/mol. The Balaban J connectivity index is 2.40. The Kier molecular flexibility index (Phi) is 3.21. The van der Waals surface area contributed by atoms with E-state index in [-0.39, 0.29) is 11.6 Å². The summed E-state index contributed by atoms with van der Waals surface area (Å²) in [6.45, 7) is 0. The van der Waals surface area contributed by atoms with Gasteiger partial charge in [-0.1, -0.05) is 12.1 Å². The standard InChI is InChI=1S/C13H13N5O/c1-17-8-10(15)12(16-17)13(19)18(2)11-6-4-3-5-9(11)7-14/h3-6,8H,15H2,1-2H3. The number of hydrogen-bond acceptors (Lipinski definition) is 4. The Labute approximate surface area is 110 Å². The second-order valence-corrected chi connectivity index (χ2v) is 4.10. The molecule has 0 spiro atoms. The van der Waals surface area contributed by atoms with E-state index in [4.69, 9.17) is 11.0 Å². The molecule has 0 radical (unpaired) electrons. The summed E-state index contributed by atoms with van der Waals surface area (Å²) < 4.78 is 1.48. The van der Waals surface area contributed by atoms with Crippen molar-refractivity contribution < 1.29 is 4.79 Å². The van der Waals surface area contributed by atoms with Crippen LogP contribution in [0.15, 0.2) is 30.5 Å². The van der Waals surface area contributed by atoms with Crippen LogP contribution < -0.4 is 10.6 Å². The summed E-state index contributed by atoms with van der Waals surface area (Å²) in [4.78, 5) is 13.7. The van der Waals surface area contributed by atoms with Gasteiger partial charge in [-0.25, -0.2) is 0 Å². The number of anilines is 2. The Morgan fingerprint density at radius 2 is 2.16 bits per heavy atom. The van der Waals surface area contributed by atoms with Crippen LogP contribution in [0.3, 0.4) is 0 Å². The third-order valence-corrected chi connectivity index (χ3v) is 2.75. The van der Waals surface area contributed by atoms with Gasteiger partial charge >= 0.3 is 0 Å². The van der Waals surface area contributed by atoms with Gasteiger partial charge in [-0.2, -0.15) is 10.4 Å². The number of aryl methyl sites for hydroxylation is 1. The SMILES string of the molecule is CN(C(=O)c1nn(C)cc1N)c1ccccc1C#N. The van der Waals surface area contributed by atoms with Gasteiger partial charge in [0.05, 0.1) is 16.9 Å². The molecule has 0 saturated heterocycles. The van der Waals surface area contributed by atoms with Crippen LogP contribution in [-0.2, 0) is 7.05 Å². The first kappa shape index (κ1) is 12.6. The van der Waals surface area contributed by atoms with E-state index in [1.165, 1.54) is 9.58 Å². The lowest BCUT2D eigenvalue weighted by atomic mass is 10.1. The van der Waals surface area contributed by atoms with E-state index in [9.17, 15) is 4.79 Å². The summed E-state index contributed by atoms with van der Waals surface area (Å²) in [6, 6.07) is 8.92. The average molecular weight is 255 g/mol. The number of carbonyl (C=O) groups excluding carboxylic acids is 1. The van der Waals surface area contributed by atoms with E-state index in [0.717, 1.165) is 0 Å². The van der Waals surface area contributed by atoms with Gasteiger partial charge in [0.15, 0.2) is 5.69 Å². The Hall–Kier alpha value is -2.81. The highest BCUT2D eigenvalue weighted by molar-refractivity contribution is 6.08. The molecule has 1 heterocycles. The average Bonchev–Trinajstić information content (AvgIpc) is 2.76. The second kappa shape index (κ2) is 4.82. The molecule has 1 aromatic carbocycles. The summed E-state index contributed by atoms with van der Waals surface area (Å²) in [5.41, 5.74) is 7.18. The fourth-order valence-corrected chi connectivity index (χ4v) is 1.80. The van der Waals surface area contributed by atoms with Gasteiger partial charge in [0.2, 0.25) is 0 Å². The van der Waals surface area contributed by atoms with Crippen molar-refractivity contribution in [2.24, 2.45) is 7.05 Å². The molecule has 0 aliphatic rings. The smallest absolute Gasteiger partial charge is 0.280 e. The van der Waals surface area contributed by atoms with Crippen LogP contribution in [0.4, 0.5) is 11.4 Å². The van der Waals surface area contributed by atoms with Gasteiger partial charge in [-0.05, 0) is 12.1 Å². The zero-order valence-electron chi connectivity index (χ0n) is 10.7. The lowest BCUT2D eigenvalue weighted by Gasteiger charge is -2.17. The molecule has 1 aromatic heterocycles. The molecule has 0 atom stereocenters. The van der Waals surface area contributed by atoms with Crippen molar-refractivity contribution in [1.82, 2.24) is 9.78 Å². The maximum absolute atomic E-state index is 12.3. The van der Waals surface area contributed by atoms with E-state index >= 15 is 0 Å². The number of para-hydroxylation sites is 1. The number of carbonyl (C=O) groups is 1. The maximum atomic E-state index is 12.3. The molecule has 0 saturated carbocycles. The highest BCUT2D eigenvalue weighted by atomic mass is 16.2.